The van der Waals surface area contributed by atoms with E-state index in [9.17, 15) is 13.8 Å². The van der Waals surface area contributed by atoms with Crippen LogP contribution in [0.1, 0.15) is 26.4 Å². The fourth-order valence-electron chi connectivity index (χ4n) is 2.35. The molecule has 0 aliphatic rings. The van der Waals surface area contributed by atoms with Crippen molar-refractivity contribution in [3.05, 3.63) is 58.7 Å². The Hall–Kier alpha value is -2.78. The number of nitrogens with one attached hydrogen (secondary N) is 2. The lowest BCUT2D eigenvalue weighted by atomic mass is 10.1. The molecule has 4 N–H and O–H groups in total. The van der Waals surface area contributed by atoms with Gasteiger partial charge in [0.25, 0.3) is 11.8 Å². The summed E-state index contributed by atoms with van der Waals surface area (Å²) in [5.41, 5.74) is 8.17. The fraction of sp³-hybridized carbons (Fsp3) is 0.118. The van der Waals surface area contributed by atoms with Gasteiger partial charge in [0.05, 0.1) is 5.69 Å². The van der Waals surface area contributed by atoms with Crippen LogP contribution in [0.15, 0.2) is 41.9 Å². The molecule has 0 fully saturated rings. The van der Waals surface area contributed by atoms with Crippen molar-refractivity contribution in [1.29, 1.82) is 0 Å². The maximum absolute atomic E-state index is 12.4. The first kappa shape index (κ1) is 18.0. The highest BCUT2D eigenvalue weighted by Gasteiger charge is 2.12. The lowest BCUT2D eigenvalue weighted by Gasteiger charge is -2.04. The van der Waals surface area contributed by atoms with E-state index in [2.05, 4.69) is 15.3 Å². The normalized spacial score (nSPS) is 11.9. The predicted octanol–water partition coefficient (Wildman–Crippen LogP) is 2.37. The highest BCUT2D eigenvalue weighted by Crippen LogP contribution is 2.25. The summed E-state index contributed by atoms with van der Waals surface area (Å²) in [6, 6.07) is 8.61. The summed E-state index contributed by atoms with van der Waals surface area (Å²) in [6.07, 6.45) is 3.25. The number of hydrogen-bond donors (Lipinski definition) is 3. The third-order valence-electron chi connectivity index (χ3n) is 3.53. The van der Waals surface area contributed by atoms with Gasteiger partial charge in [-0.2, -0.15) is 0 Å². The number of aromatic amines is 1. The van der Waals surface area contributed by atoms with Gasteiger partial charge in [-0.15, -0.1) is 11.3 Å². The van der Waals surface area contributed by atoms with E-state index in [1.54, 1.807) is 42.1 Å². The van der Waals surface area contributed by atoms with Gasteiger partial charge in [-0.05, 0) is 23.8 Å². The quantitative estimate of drug-likeness (QED) is 0.601. The lowest BCUT2D eigenvalue weighted by Crippen LogP contribution is -2.12. The maximum atomic E-state index is 12.4. The summed E-state index contributed by atoms with van der Waals surface area (Å²) in [7, 11) is -0.973. The van der Waals surface area contributed by atoms with E-state index in [0.717, 1.165) is 5.56 Å². The first-order valence-electron chi connectivity index (χ1n) is 7.57. The zero-order valence-electron chi connectivity index (χ0n) is 13.8. The van der Waals surface area contributed by atoms with Crippen molar-refractivity contribution in [3.63, 3.8) is 0 Å². The SMILES string of the molecule is CS(=O)Cc1cccc(C(=O)Nc2nc(-c3c[nH]c(C(N)=O)c3)cs2)c1. The Labute approximate surface area is 156 Å². The number of thiazole rings is 1. The van der Waals surface area contributed by atoms with Crippen molar-refractivity contribution in [2.24, 2.45) is 5.73 Å². The second-order valence-electron chi connectivity index (χ2n) is 5.58. The third-order valence-corrected chi connectivity index (χ3v) is 5.03. The number of anilines is 1. The molecule has 0 aliphatic carbocycles. The molecule has 1 aromatic carbocycles. The minimum absolute atomic E-state index is 0.290. The van der Waals surface area contributed by atoms with E-state index in [-0.39, 0.29) is 5.91 Å². The van der Waals surface area contributed by atoms with Gasteiger partial charge in [-0.1, -0.05) is 12.1 Å². The summed E-state index contributed by atoms with van der Waals surface area (Å²) in [5, 5.41) is 4.97. The van der Waals surface area contributed by atoms with Crippen LogP contribution >= 0.6 is 11.3 Å². The molecule has 1 atom stereocenters. The zero-order chi connectivity index (χ0) is 18.7. The second-order valence-corrected chi connectivity index (χ2v) is 7.87. The molecule has 9 heteroatoms. The van der Waals surface area contributed by atoms with Crippen LogP contribution in [0, 0.1) is 0 Å². The molecule has 26 heavy (non-hydrogen) atoms. The van der Waals surface area contributed by atoms with Gasteiger partial charge < -0.3 is 10.7 Å². The van der Waals surface area contributed by atoms with Crippen molar-refractivity contribution in [3.8, 4) is 11.3 Å². The maximum Gasteiger partial charge on any atom is 0.265 e. The molecule has 2 aromatic heterocycles. The molecule has 0 saturated carbocycles. The Morgan fingerprint density at radius 2 is 2.15 bits per heavy atom. The number of benzene rings is 1. The average Bonchev–Trinajstić information content (AvgIpc) is 3.23. The Morgan fingerprint density at radius 1 is 1.35 bits per heavy atom. The summed E-state index contributed by atoms with van der Waals surface area (Å²) in [5.74, 6) is -0.437. The van der Waals surface area contributed by atoms with Gasteiger partial charge in [0.2, 0.25) is 0 Å². The average molecular weight is 388 g/mol. The minimum atomic E-state index is -0.973. The van der Waals surface area contributed by atoms with Crippen LogP contribution in [0.5, 0.6) is 0 Å². The molecule has 2 amide bonds. The van der Waals surface area contributed by atoms with Crippen LogP contribution in [0.4, 0.5) is 5.13 Å². The molecular formula is C17H16N4O3S2. The molecule has 0 bridgehead atoms. The number of aromatic nitrogens is 2. The van der Waals surface area contributed by atoms with Crippen LogP contribution in [0.3, 0.4) is 0 Å². The number of carbonyl (C=O) groups is 2. The van der Waals surface area contributed by atoms with Crippen molar-refractivity contribution in [2.45, 2.75) is 5.75 Å². The second kappa shape index (κ2) is 7.63. The van der Waals surface area contributed by atoms with E-state index in [4.69, 9.17) is 5.73 Å². The van der Waals surface area contributed by atoms with Crippen molar-refractivity contribution in [1.82, 2.24) is 9.97 Å². The molecule has 2 heterocycles. The smallest absolute Gasteiger partial charge is 0.265 e. The van der Waals surface area contributed by atoms with Gasteiger partial charge in [-0.25, -0.2) is 4.98 Å². The predicted molar refractivity (Wildman–Crippen MR) is 103 cm³/mol. The zero-order valence-corrected chi connectivity index (χ0v) is 15.4. The number of nitrogens with two attached hydrogens (primary N) is 1. The van der Waals surface area contributed by atoms with Crippen molar-refractivity contribution >= 4 is 39.1 Å². The fourth-order valence-corrected chi connectivity index (χ4v) is 3.72. The number of hydrogen-bond acceptors (Lipinski definition) is 5. The Kier molecular flexibility index (Phi) is 5.29. The molecule has 0 spiro atoms. The molecule has 134 valence electrons. The monoisotopic (exact) mass is 388 g/mol. The number of primary amides is 1. The highest BCUT2D eigenvalue weighted by molar-refractivity contribution is 7.83. The largest absolute Gasteiger partial charge is 0.364 e. The highest BCUT2D eigenvalue weighted by atomic mass is 32.2. The Bertz CT molecular complexity index is 993. The molecule has 3 rings (SSSR count). The van der Waals surface area contributed by atoms with Crippen LogP contribution in [-0.2, 0) is 16.6 Å². The number of carbonyl (C=O) groups excluding carboxylic acids is 2. The van der Waals surface area contributed by atoms with E-state index in [1.807, 2.05) is 6.07 Å². The third kappa shape index (κ3) is 4.24. The van der Waals surface area contributed by atoms with E-state index in [0.29, 0.717) is 33.4 Å². The summed E-state index contributed by atoms with van der Waals surface area (Å²) in [4.78, 5) is 30.7. The summed E-state index contributed by atoms with van der Waals surface area (Å²) < 4.78 is 11.3. The van der Waals surface area contributed by atoms with E-state index in [1.165, 1.54) is 11.3 Å². The Morgan fingerprint density at radius 3 is 2.85 bits per heavy atom. The van der Waals surface area contributed by atoms with Crippen molar-refractivity contribution < 1.29 is 13.8 Å². The summed E-state index contributed by atoms with van der Waals surface area (Å²) >= 11 is 1.28. The van der Waals surface area contributed by atoms with E-state index >= 15 is 0 Å². The Balaban J connectivity index is 1.73. The number of amides is 2. The van der Waals surface area contributed by atoms with Crippen LogP contribution in [-0.4, -0.2) is 32.2 Å². The minimum Gasteiger partial charge on any atom is -0.364 e. The van der Waals surface area contributed by atoms with Crippen LogP contribution < -0.4 is 11.1 Å². The first-order valence-corrected chi connectivity index (χ1v) is 10.2. The van der Waals surface area contributed by atoms with Crippen molar-refractivity contribution in [2.75, 3.05) is 11.6 Å². The first-order chi connectivity index (χ1) is 12.4. The van der Waals surface area contributed by atoms with Gasteiger partial charge >= 0.3 is 0 Å². The van der Waals surface area contributed by atoms with Crippen LogP contribution in [0.25, 0.3) is 11.3 Å². The summed E-state index contributed by atoms with van der Waals surface area (Å²) in [6.45, 7) is 0. The molecule has 1 unspecified atom stereocenters. The van der Waals surface area contributed by atoms with Gasteiger partial charge in [-0.3, -0.25) is 19.1 Å². The standard InChI is InChI=1S/C17H16N4O3S2/c1-26(24)9-10-3-2-4-11(5-10)16(23)21-17-20-14(8-25-17)12-6-13(15(18)22)19-7-12/h2-8,19H,9H2,1H3,(H2,18,22)(H,20,21,23). The topological polar surface area (TPSA) is 118 Å². The van der Waals surface area contributed by atoms with Crippen LogP contribution in [0.2, 0.25) is 0 Å². The lowest BCUT2D eigenvalue weighted by molar-refractivity contribution is 0.0994. The number of rotatable bonds is 6. The molecule has 0 aliphatic heterocycles. The van der Waals surface area contributed by atoms with Gasteiger partial charge in [0.1, 0.15) is 5.69 Å². The molecule has 7 nitrogen and oxygen atoms in total. The van der Waals surface area contributed by atoms with Gasteiger partial charge in [0.15, 0.2) is 5.13 Å². The molecular weight excluding hydrogens is 372 g/mol. The van der Waals surface area contributed by atoms with E-state index < -0.39 is 16.7 Å². The molecule has 0 radical (unpaired) electrons. The number of nitrogens with zero attached hydrogens (tertiary/aromatic N) is 1. The molecule has 3 aromatic rings. The number of H-pyrrole nitrogens is 1. The van der Waals surface area contributed by atoms with Gasteiger partial charge in [0, 0.05) is 45.5 Å². The molecule has 0 saturated heterocycles.